The minimum absolute atomic E-state index is 0.170. The molecule has 1 atom stereocenters. The van der Waals surface area contributed by atoms with Crippen molar-refractivity contribution < 1.29 is 8.95 Å². The van der Waals surface area contributed by atoms with Gasteiger partial charge in [0.1, 0.15) is 0 Å². The van der Waals surface area contributed by atoms with Crippen molar-refractivity contribution in [3.8, 4) is 6.07 Å². The first-order chi connectivity index (χ1) is 10.7. The van der Waals surface area contributed by atoms with Crippen LogP contribution in [0, 0.1) is 18.3 Å². The van der Waals surface area contributed by atoms with Crippen LogP contribution in [0.1, 0.15) is 11.1 Å². The summed E-state index contributed by atoms with van der Waals surface area (Å²) in [6.07, 6.45) is 1.31. The third-order valence-electron chi connectivity index (χ3n) is 3.05. The Kier molecular flexibility index (Phi) is 6.08. The minimum atomic E-state index is -1.37. The quantitative estimate of drug-likeness (QED) is 0.764. The highest BCUT2D eigenvalue weighted by Gasteiger charge is 2.11. The molecule has 0 radical (unpaired) electrons. The third-order valence-corrected chi connectivity index (χ3v) is 4.47. The zero-order valence-corrected chi connectivity index (χ0v) is 13.2. The van der Waals surface area contributed by atoms with Gasteiger partial charge in [0.25, 0.3) is 0 Å². The van der Waals surface area contributed by atoms with Crippen molar-refractivity contribution in [1.82, 2.24) is 0 Å². The van der Waals surface area contributed by atoms with Crippen molar-refractivity contribution in [3.05, 3.63) is 76.7 Å². The van der Waals surface area contributed by atoms with Crippen molar-refractivity contribution in [1.29, 1.82) is 5.26 Å². The summed E-state index contributed by atoms with van der Waals surface area (Å²) in [7, 11) is -1.37. The van der Waals surface area contributed by atoms with Crippen LogP contribution in [0.3, 0.4) is 0 Å². The molecule has 0 saturated carbocycles. The van der Waals surface area contributed by atoms with Crippen LogP contribution < -0.4 is 0 Å². The van der Waals surface area contributed by atoms with Crippen LogP contribution in [-0.4, -0.2) is 10.8 Å². The number of ether oxygens (including phenoxy) is 1. The lowest BCUT2D eigenvalue weighted by Crippen LogP contribution is -2.05. The van der Waals surface area contributed by atoms with E-state index in [-0.39, 0.29) is 6.61 Å². The number of hydrogen-bond acceptors (Lipinski definition) is 3. The molecule has 0 aromatic heterocycles. The predicted octanol–water partition coefficient (Wildman–Crippen LogP) is 3.73. The summed E-state index contributed by atoms with van der Waals surface area (Å²) >= 11 is 0. The monoisotopic (exact) mass is 311 g/mol. The standard InChI is InChI=1S/C18H17NO2S/c1-15-7-9-17(10-8-15)22(20)18(11-12-19)14-21-13-16-5-3-2-4-6-16/h2-11H,13-14H2,1H3/b18-11+. The van der Waals surface area contributed by atoms with Gasteiger partial charge in [-0.3, -0.25) is 0 Å². The Hall–Kier alpha value is -2.22. The molecule has 0 bridgehead atoms. The van der Waals surface area contributed by atoms with Crippen LogP contribution >= 0.6 is 0 Å². The first-order valence-corrected chi connectivity index (χ1v) is 8.04. The van der Waals surface area contributed by atoms with Gasteiger partial charge in [-0.05, 0) is 24.6 Å². The van der Waals surface area contributed by atoms with Crippen LogP contribution in [-0.2, 0) is 22.1 Å². The lowest BCUT2D eigenvalue weighted by Gasteiger charge is -2.08. The maximum Gasteiger partial charge on any atom is 0.0922 e. The summed E-state index contributed by atoms with van der Waals surface area (Å²) in [5.74, 6) is 0. The van der Waals surface area contributed by atoms with Crippen LogP contribution in [0.25, 0.3) is 0 Å². The minimum Gasteiger partial charge on any atom is -0.371 e. The molecule has 0 amide bonds. The average molecular weight is 311 g/mol. The Balaban J connectivity index is 2.01. The Bertz CT molecular complexity index is 700. The number of hydrogen-bond donors (Lipinski definition) is 0. The summed E-state index contributed by atoms with van der Waals surface area (Å²) in [6, 6.07) is 19.1. The van der Waals surface area contributed by atoms with E-state index in [0.717, 1.165) is 11.1 Å². The molecule has 0 spiro atoms. The van der Waals surface area contributed by atoms with Crippen LogP contribution in [0.5, 0.6) is 0 Å². The highest BCUT2D eigenvalue weighted by atomic mass is 32.2. The van der Waals surface area contributed by atoms with Crippen LogP contribution in [0.2, 0.25) is 0 Å². The van der Waals surface area contributed by atoms with E-state index in [1.165, 1.54) is 6.08 Å². The van der Waals surface area contributed by atoms with E-state index in [1.807, 2.05) is 67.6 Å². The highest BCUT2D eigenvalue weighted by Crippen LogP contribution is 2.16. The van der Waals surface area contributed by atoms with E-state index in [0.29, 0.717) is 16.4 Å². The fourth-order valence-electron chi connectivity index (χ4n) is 1.88. The normalized spacial score (nSPS) is 12.6. The molecule has 0 aliphatic rings. The topological polar surface area (TPSA) is 50.1 Å². The van der Waals surface area contributed by atoms with Crippen molar-refractivity contribution >= 4 is 10.8 Å². The van der Waals surface area contributed by atoms with Gasteiger partial charge in [0.15, 0.2) is 0 Å². The molecule has 0 fully saturated rings. The molecular formula is C18H17NO2S. The first-order valence-electron chi connectivity index (χ1n) is 6.89. The van der Waals surface area contributed by atoms with E-state index >= 15 is 0 Å². The van der Waals surface area contributed by atoms with Gasteiger partial charge in [0.05, 0.1) is 35.0 Å². The van der Waals surface area contributed by atoms with E-state index in [9.17, 15) is 4.21 Å². The Labute approximate surface area is 133 Å². The predicted molar refractivity (Wildman–Crippen MR) is 87.4 cm³/mol. The number of allylic oxidation sites excluding steroid dienone is 1. The molecule has 3 nitrogen and oxygen atoms in total. The molecule has 0 aliphatic heterocycles. The van der Waals surface area contributed by atoms with E-state index < -0.39 is 10.8 Å². The average Bonchev–Trinajstić information content (AvgIpc) is 2.55. The van der Waals surface area contributed by atoms with E-state index in [2.05, 4.69) is 0 Å². The fraction of sp³-hybridized carbons (Fsp3) is 0.167. The van der Waals surface area contributed by atoms with Crippen molar-refractivity contribution in [2.75, 3.05) is 6.61 Å². The molecule has 1 unspecified atom stereocenters. The fourth-order valence-corrected chi connectivity index (χ4v) is 2.91. The van der Waals surface area contributed by atoms with Crippen molar-refractivity contribution in [3.63, 3.8) is 0 Å². The van der Waals surface area contributed by atoms with Crippen molar-refractivity contribution in [2.24, 2.45) is 0 Å². The van der Waals surface area contributed by atoms with Gasteiger partial charge in [-0.25, -0.2) is 4.21 Å². The van der Waals surface area contributed by atoms with Gasteiger partial charge in [0.2, 0.25) is 0 Å². The molecule has 0 aliphatic carbocycles. The Morgan fingerprint density at radius 2 is 1.86 bits per heavy atom. The summed E-state index contributed by atoms with van der Waals surface area (Å²) < 4.78 is 18.1. The molecule has 2 rings (SSSR count). The van der Waals surface area contributed by atoms with E-state index in [1.54, 1.807) is 0 Å². The van der Waals surface area contributed by atoms with Gasteiger partial charge >= 0.3 is 0 Å². The zero-order chi connectivity index (χ0) is 15.8. The third kappa shape index (κ3) is 4.66. The molecule has 2 aromatic carbocycles. The molecule has 2 aromatic rings. The second-order valence-corrected chi connectivity index (χ2v) is 6.33. The molecule has 0 saturated heterocycles. The second kappa shape index (κ2) is 8.28. The molecule has 22 heavy (non-hydrogen) atoms. The summed E-state index contributed by atoms with van der Waals surface area (Å²) in [5.41, 5.74) is 2.15. The lowest BCUT2D eigenvalue weighted by molar-refractivity contribution is 0.146. The summed E-state index contributed by atoms with van der Waals surface area (Å²) in [5, 5.41) is 8.88. The van der Waals surface area contributed by atoms with Gasteiger partial charge in [-0.1, -0.05) is 48.0 Å². The number of aryl methyl sites for hydroxylation is 1. The largest absolute Gasteiger partial charge is 0.371 e. The SMILES string of the molecule is Cc1ccc(S(=O)/C(=C/C#N)COCc2ccccc2)cc1. The van der Waals surface area contributed by atoms with Crippen LogP contribution in [0.4, 0.5) is 0 Å². The number of nitriles is 1. The highest BCUT2D eigenvalue weighted by molar-refractivity contribution is 7.89. The molecule has 4 heteroatoms. The number of rotatable bonds is 6. The van der Waals surface area contributed by atoms with Gasteiger partial charge in [0, 0.05) is 11.0 Å². The van der Waals surface area contributed by atoms with Gasteiger partial charge in [-0.15, -0.1) is 0 Å². The number of nitrogens with zero attached hydrogens (tertiary/aromatic N) is 1. The van der Waals surface area contributed by atoms with Crippen molar-refractivity contribution in [2.45, 2.75) is 18.4 Å². The molecule has 112 valence electrons. The Morgan fingerprint density at radius 3 is 2.50 bits per heavy atom. The Morgan fingerprint density at radius 1 is 1.18 bits per heavy atom. The maximum absolute atomic E-state index is 12.5. The van der Waals surface area contributed by atoms with E-state index in [4.69, 9.17) is 10.00 Å². The first kappa shape index (κ1) is 16.2. The number of benzene rings is 2. The molecule has 0 N–H and O–H groups in total. The summed E-state index contributed by atoms with van der Waals surface area (Å²) in [6.45, 7) is 2.57. The van der Waals surface area contributed by atoms with Crippen LogP contribution in [0.15, 0.2) is 70.5 Å². The molecule has 0 heterocycles. The zero-order valence-electron chi connectivity index (χ0n) is 12.4. The summed E-state index contributed by atoms with van der Waals surface area (Å²) in [4.78, 5) is 1.15. The van der Waals surface area contributed by atoms with Gasteiger partial charge < -0.3 is 4.74 Å². The van der Waals surface area contributed by atoms with Gasteiger partial charge in [-0.2, -0.15) is 5.26 Å². The lowest BCUT2D eigenvalue weighted by atomic mass is 10.2. The second-order valence-electron chi connectivity index (χ2n) is 4.80. The maximum atomic E-state index is 12.5. The smallest absolute Gasteiger partial charge is 0.0922 e. The molecular weight excluding hydrogens is 294 g/mol.